The first kappa shape index (κ1) is 28.4. The van der Waals surface area contributed by atoms with E-state index in [-0.39, 0.29) is 11.4 Å². The van der Waals surface area contributed by atoms with E-state index in [2.05, 4.69) is 0 Å². The van der Waals surface area contributed by atoms with E-state index >= 15 is 0 Å². The third-order valence-corrected chi connectivity index (χ3v) is 9.73. The van der Waals surface area contributed by atoms with E-state index < -0.39 is 71.3 Å². The fourth-order valence-corrected chi connectivity index (χ4v) is 7.71. The van der Waals surface area contributed by atoms with E-state index in [1.165, 1.54) is 48.5 Å². The van der Waals surface area contributed by atoms with Gasteiger partial charge in [0.15, 0.2) is 0 Å². The minimum atomic E-state index is -1.03. The summed E-state index contributed by atoms with van der Waals surface area (Å²) in [6.07, 6.45) is 0. The zero-order valence-electron chi connectivity index (χ0n) is 24.9. The molecule has 4 fully saturated rings. The maximum atomic E-state index is 14.4. The predicted molar refractivity (Wildman–Crippen MR) is 164 cm³/mol. The van der Waals surface area contributed by atoms with Gasteiger partial charge in [-0.05, 0) is 73.5 Å². The van der Waals surface area contributed by atoms with Gasteiger partial charge >= 0.3 is 0 Å². The second-order valence-corrected chi connectivity index (χ2v) is 12.4. The summed E-state index contributed by atoms with van der Waals surface area (Å²) < 4.78 is 27.7. The summed E-state index contributed by atoms with van der Waals surface area (Å²) in [5.41, 5.74) is 3.91. The standard InChI is InChI=1S/C36H28F2N4O4/c1-19-3-7-21(8-4-19)29-27-31(35(45)39(33(27)43)25-15-11-23(37)12-16-25)42-30(22-9-5-20(2)6-10-22)28-32(41(29)42)36(46)40(34(28)44)26-17-13-24(38)14-18-26/h3-18,27-32H,1-2H3/t27-,28+,29-,30-,31-,32-/m1/s1. The van der Waals surface area contributed by atoms with Crippen LogP contribution in [0.1, 0.15) is 34.3 Å². The number of benzene rings is 4. The fraction of sp³-hybridized carbons (Fsp3) is 0.222. The quantitative estimate of drug-likeness (QED) is 0.299. The van der Waals surface area contributed by atoms with E-state index in [1.807, 2.05) is 62.4 Å². The van der Waals surface area contributed by atoms with Crippen molar-refractivity contribution in [1.29, 1.82) is 0 Å². The van der Waals surface area contributed by atoms with Crippen molar-refractivity contribution in [3.63, 3.8) is 0 Å². The summed E-state index contributed by atoms with van der Waals surface area (Å²) in [5, 5.41) is 3.58. The Balaban J connectivity index is 1.32. The molecule has 4 aliphatic heterocycles. The molecule has 46 heavy (non-hydrogen) atoms. The van der Waals surface area contributed by atoms with Gasteiger partial charge in [-0.15, -0.1) is 0 Å². The van der Waals surface area contributed by atoms with Crippen molar-refractivity contribution in [2.45, 2.75) is 38.0 Å². The molecule has 8 rings (SSSR count). The molecule has 8 nitrogen and oxygen atoms in total. The molecule has 4 amide bonds. The highest BCUT2D eigenvalue weighted by atomic mass is 19.1. The van der Waals surface area contributed by atoms with Crippen LogP contribution >= 0.6 is 0 Å². The van der Waals surface area contributed by atoms with Crippen molar-refractivity contribution in [3.05, 3.63) is 131 Å². The Morgan fingerprint density at radius 1 is 0.435 bits per heavy atom. The molecule has 0 bridgehead atoms. The first-order valence-corrected chi connectivity index (χ1v) is 15.1. The first-order valence-electron chi connectivity index (χ1n) is 15.1. The number of amides is 4. The third kappa shape index (κ3) is 3.96. The van der Waals surface area contributed by atoms with E-state index in [0.29, 0.717) is 11.1 Å². The van der Waals surface area contributed by atoms with Gasteiger partial charge in [0.05, 0.1) is 35.3 Å². The SMILES string of the molecule is Cc1ccc([C@@H]2[C@@H]3C(=O)N(c4ccc(F)cc4)C(=O)[C@@H]3N3[C@H](c4ccc(C)cc4)[C@H]4C(=O)N(c5ccc(F)cc5)C(=O)[C@@H]4N23)cc1. The molecule has 0 aromatic heterocycles. The highest BCUT2D eigenvalue weighted by Crippen LogP contribution is 2.59. The number of aryl methyl sites for hydroxylation is 2. The van der Waals surface area contributed by atoms with Crippen LogP contribution in [-0.2, 0) is 19.2 Å². The molecule has 4 aromatic rings. The van der Waals surface area contributed by atoms with Crippen LogP contribution in [0.3, 0.4) is 0 Å². The molecule has 0 aliphatic carbocycles. The van der Waals surface area contributed by atoms with Crippen molar-refractivity contribution in [3.8, 4) is 0 Å². The average molecular weight is 619 g/mol. The maximum absolute atomic E-state index is 14.4. The van der Waals surface area contributed by atoms with Crippen molar-refractivity contribution >= 4 is 35.0 Å². The van der Waals surface area contributed by atoms with Crippen LogP contribution in [0.4, 0.5) is 20.2 Å². The molecule has 4 heterocycles. The monoisotopic (exact) mass is 618 g/mol. The summed E-state index contributed by atoms with van der Waals surface area (Å²) in [4.78, 5) is 59.8. The molecule has 0 radical (unpaired) electrons. The number of hydrazine groups is 1. The molecule has 4 aliphatic rings. The summed E-state index contributed by atoms with van der Waals surface area (Å²) in [6, 6.07) is 22.0. The molecular formula is C36H28F2N4O4. The van der Waals surface area contributed by atoms with Crippen molar-refractivity contribution in [2.75, 3.05) is 9.80 Å². The smallest absolute Gasteiger partial charge is 0.253 e. The van der Waals surface area contributed by atoms with E-state index in [9.17, 15) is 28.0 Å². The summed E-state index contributed by atoms with van der Waals surface area (Å²) >= 11 is 0. The lowest BCUT2D eigenvalue weighted by molar-refractivity contribution is -0.136. The maximum Gasteiger partial charge on any atom is 0.253 e. The number of nitrogens with zero attached hydrogens (tertiary/aromatic N) is 4. The van der Waals surface area contributed by atoms with Crippen molar-refractivity contribution in [1.82, 2.24) is 10.0 Å². The minimum absolute atomic E-state index is 0.251. The number of hydrogen-bond acceptors (Lipinski definition) is 6. The van der Waals surface area contributed by atoms with Gasteiger partial charge < -0.3 is 0 Å². The molecular weight excluding hydrogens is 590 g/mol. The first-order chi connectivity index (χ1) is 22.2. The summed E-state index contributed by atoms with van der Waals surface area (Å²) in [6.45, 7) is 3.88. The van der Waals surface area contributed by atoms with Gasteiger partial charge in [0.25, 0.3) is 11.8 Å². The van der Waals surface area contributed by atoms with Gasteiger partial charge in [-0.1, -0.05) is 59.7 Å². The number of carbonyl (C=O) groups excluding carboxylic acids is 4. The predicted octanol–water partition coefficient (Wildman–Crippen LogP) is 5.03. The Bertz CT molecular complexity index is 1770. The van der Waals surface area contributed by atoms with Gasteiger partial charge in [0, 0.05) is 0 Å². The minimum Gasteiger partial charge on any atom is -0.274 e. The van der Waals surface area contributed by atoms with E-state index in [1.54, 1.807) is 10.0 Å². The Morgan fingerprint density at radius 3 is 1.09 bits per heavy atom. The lowest BCUT2D eigenvalue weighted by atomic mass is 9.84. The average Bonchev–Trinajstić information content (AvgIpc) is 3.71. The molecule has 6 atom stereocenters. The number of halogens is 2. The molecule has 0 N–H and O–H groups in total. The molecule has 230 valence electrons. The highest BCUT2D eigenvalue weighted by molar-refractivity contribution is 6.26. The lowest BCUT2D eigenvalue weighted by Crippen LogP contribution is -2.50. The Hall–Kier alpha value is -5.06. The van der Waals surface area contributed by atoms with Crippen molar-refractivity contribution < 1.29 is 28.0 Å². The van der Waals surface area contributed by atoms with E-state index in [0.717, 1.165) is 20.9 Å². The number of imide groups is 2. The zero-order valence-corrected chi connectivity index (χ0v) is 24.9. The number of anilines is 2. The van der Waals surface area contributed by atoms with Crippen LogP contribution in [0.2, 0.25) is 0 Å². The van der Waals surface area contributed by atoms with Gasteiger partial charge in [0.2, 0.25) is 11.8 Å². The Kier molecular flexibility index (Phi) is 6.32. The highest BCUT2D eigenvalue weighted by Gasteiger charge is 2.73. The second kappa shape index (κ2) is 10.2. The third-order valence-electron chi connectivity index (χ3n) is 9.73. The van der Waals surface area contributed by atoms with Crippen LogP contribution in [0.5, 0.6) is 0 Å². The largest absolute Gasteiger partial charge is 0.274 e. The normalized spacial score (nSPS) is 27.5. The second-order valence-electron chi connectivity index (χ2n) is 12.4. The van der Waals surface area contributed by atoms with Crippen LogP contribution in [0.15, 0.2) is 97.1 Å². The van der Waals surface area contributed by atoms with Gasteiger partial charge in [-0.2, -0.15) is 0 Å². The number of carbonyl (C=O) groups is 4. The van der Waals surface area contributed by atoms with Gasteiger partial charge in [-0.25, -0.2) is 28.6 Å². The molecule has 0 unspecified atom stereocenters. The topological polar surface area (TPSA) is 81.2 Å². The number of hydrogen-bond donors (Lipinski definition) is 0. The molecule has 10 heteroatoms. The summed E-state index contributed by atoms with van der Waals surface area (Å²) in [5.74, 6) is -4.78. The van der Waals surface area contributed by atoms with E-state index in [4.69, 9.17) is 0 Å². The summed E-state index contributed by atoms with van der Waals surface area (Å²) in [7, 11) is 0. The zero-order chi connectivity index (χ0) is 32.0. The van der Waals surface area contributed by atoms with Crippen LogP contribution < -0.4 is 9.80 Å². The van der Waals surface area contributed by atoms with Crippen LogP contribution in [-0.4, -0.2) is 45.7 Å². The van der Waals surface area contributed by atoms with Crippen molar-refractivity contribution in [2.24, 2.45) is 11.8 Å². The Labute approximate surface area is 263 Å². The van der Waals surface area contributed by atoms with Crippen LogP contribution in [0, 0.1) is 37.3 Å². The Morgan fingerprint density at radius 2 is 0.761 bits per heavy atom. The lowest BCUT2D eigenvalue weighted by Gasteiger charge is -2.35. The number of fused-ring (bicyclic) bond motifs is 5. The van der Waals surface area contributed by atoms with Gasteiger partial charge in [-0.3, -0.25) is 19.2 Å². The number of rotatable bonds is 4. The fourth-order valence-electron chi connectivity index (χ4n) is 7.71. The van der Waals surface area contributed by atoms with Gasteiger partial charge in [0.1, 0.15) is 23.7 Å². The van der Waals surface area contributed by atoms with Crippen LogP contribution in [0.25, 0.3) is 0 Å². The molecule has 4 saturated heterocycles. The molecule has 0 spiro atoms. The molecule has 0 saturated carbocycles. The molecule has 4 aromatic carbocycles.